The zero-order valence-electron chi connectivity index (χ0n) is 15.6. The molecule has 29 heavy (non-hydrogen) atoms. The standard InChI is InChI=1S/C21H20ClN3O3S/c22-18-6-3-7-19(15-18)23-21(26)24-10-12-25(13-11-24)29(27,28)20-9-8-16-4-1-2-5-17(16)14-20/h1-9,14-15H,10-13H2,(H,23,26). The van der Waals surface area contributed by atoms with Crippen LogP contribution in [-0.4, -0.2) is 49.8 Å². The van der Waals surface area contributed by atoms with Crippen LogP contribution in [0, 0.1) is 0 Å². The molecular weight excluding hydrogens is 410 g/mol. The maximum absolute atomic E-state index is 13.0. The van der Waals surface area contributed by atoms with Crippen LogP contribution in [-0.2, 0) is 10.0 Å². The van der Waals surface area contributed by atoms with E-state index in [-0.39, 0.29) is 24.0 Å². The van der Waals surface area contributed by atoms with E-state index in [9.17, 15) is 13.2 Å². The predicted molar refractivity (Wildman–Crippen MR) is 115 cm³/mol. The van der Waals surface area contributed by atoms with E-state index in [0.717, 1.165) is 10.8 Å². The van der Waals surface area contributed by atoms with Crippen molar-refractivity contribution in [3.63, 3.8) is 0 Å². The van der Waals surface area contributed by atoms with Crippen molar-refractivity contribution in [1.82, 2.24) is 9.21 Å². The van der Waals surface area contributed by atoms with E-state index in [1.165, 1.54) is 4.31 Å². The van der Waals surface area contributed by atoms with Crippen LogP contribution in [0.25, 0.3) is 10.8 Å². The molecule has 0 unspecified atom stereocenters. The normalized spacial score (nSPS) is 15.4. The molecule has 3 aromatic carbocycles. The number of benzene rings is 3. The highest BCUT2D eigenvalue weighted by molar-refractivity contribution is 7.89. The van der Waals surface area contributed by atoms with Gasteiger partial charge in [0.25, 0.3) is 0 Å². The minimum Gasteiger partial charge on any atom is -0.322 e. The predicted octanol–water partition coefficient (Wildman–Crippen LogP) is 4.03. The minimum atomic E-state index is -3.61. The molecule has 6 nitrogen and oxygen atoms in total. The largest absolute Gasteiger partial charge is 0.322 e. The molecule has 150 valence electrons. The smallest absolute Gasteiger partial charge is 0.321 e. The Morgan fingerprint density at radius 2 is 1.59 bits per heavy atom. The highest BCUT2D eigenvalue weighted by Crippen LogP contribution is 2.23. The number of carbonyl (C=O) groups is 1. The topological polar surface area (TPSA) is 69.7 Å². The van der Waals surface area contributed by atoms with Gasteiger partial charge in [0.1, 0.15) is 0 Å². The van der Waals surface area contributed by atoms with E-state index in [1.807, 2.05) is 30.3 Å². The van der Waals surface area contributed by atoms with Gasteiger partial charge in [-0.1, -0.05) is 48.0 Å². The third-order valence-electron chi connectivity index (χ3n) is 4.96. The number of rotatable bonds is 3. The van der Waals surface area contributed by atoms with Gasteiger partial charge < -0.3 is 10.2 Å². The third-order valence-corrected chi connectivity index (χ3v) is 7.09. The summed E-state index contributed by atoms with van der Waals surface area (Å²) in [6.45, 7) is 1.13. The van der Waals surface area contributed by atoms with Crippen molar-refractivity contribution in [2.24, 2.45) is 0 Å². The van der Waals surface area contributed by atoms with Crippen LogP contribution in [0.2, 0.25) is 5.02 Å². The van der Waals surface area contributed by atoms with E-state index in [2.05, 4.69) is 5.32 Å². The van der Waals surface area contributed by atoms with E-state index in [4.69, 9.17) is 11.6 Å². The Morgan fingerprint density at radius 1 is 0.862 bits per heavy atom. The molecule has 1 heterocycles. The van der Waals surface area contributed by atoms with Crippen molar-refractivity contribution in [2.45, 2.75) is 4.90 Å². The lowest BCUT2D eigenvalue weighted by Crippen LogP contribution is -2.51. The summed E-state index contributed by atoms with van der Waals surface area (Å²) in [4.78, 5) is 14.3. The number of hydrogen-bond donors (Lipinski definition) is 1. The second-order valence-corrected chi connectivity index (χ2v) is 9.21. The fourth-order valence-corrected chi connectivity index (χ4v) is 5.03. The van der Waals surface area contributed by atoms with Gasteiger partial charge in [-0.3, -0.25) is 0 Å². The van der Waals surface area contributed by atoms with Crippen molar-refractivity contribution >= 4 is 44.1 Å². The summed E-state index contributed by atoms with van der Waals surface area (Å²) < 4.78 is 27.5. The zero-order valence-corrected chi connectivity index (χ0v) is 17.2. The second-order valence-electron chi connectivity index (χ2n) is 6.84. The molecule has 8 heteroatoms. The fraction of sp³-hybridized carbons (Fsp3) is 0.190. The van der Waals surface area contributed by atoms with Crippen LogP contribution in [0.5, 0.6) is 0 Å². The van der Waals surface area contributed by atoms with Gasteiger partial charge in [0, 0.05) is 36.9 Å². The number of urea groups is 1. The Hall–Kier alpha value is -2.61. The molecule has 4 rings (SSSR count). The van der Waals surface area contributed by atoms with Crippen LogP contribution >= 0.6 is 11.6 Å². The number of fused-ring (bicyclic) bond motifs is 1. The van der Waals surface area contributed by atoms with E-state index in [1.54, 1.807) is 41.3 Å². The molecular formula is C21H20ClN3O3S. The van der Waals surface area contributed by atoms with Crippen molar-refractivity contribution in [3.8, 4) is 0 Å². The van der Waals surface area contributed by atoms with Crippen LogP contribution in [0.15, 0.2) is 71.6 Å². The van der Waals surface area contributed by atoms with Gasteiger partial charge in [-0.15, -0.1) is 0 Å². The number of sulfonamides is 1. The first kappa shape index (κ1) is 19.7. The van der Waals surface area contributed by atoms with Gasteiger partial charge in [-0.25, -0.2) is 13.2 Å². The van der Waals surface area contributed by atoms with E-state index >= 15 is 0 Å². The van der Waals surface area contributed by atoms with Crippen LogP contribution < -0.4 is 5.32 Å². The highest BCUT2D eigenvalue weighted by Gasteiger charge is 2.30. The van der Waals surface area contributed by atoms with Crippen molar-refractivity contribution in [3.05, 3.63) is 71.8 Å². The van der Waals surface area contributed by atoms with E-state index in [0.29, 0.717) is 23.8 Å². The Labute approximate surface area is 174 Å². The summed E-state index contributed by atoms with van der Waals surface area (Å²) in [5.41, 5.74) is 0.605. The molecule has 0 atom stereocenters. The molecule has 1 fully saturated rings. The Morgan fingerprint density at radius 3 is 2.31 bits per heavy atom. The fourth-order valence-electron chi connectivity index (χ4n) is 3.38. The molecule has 1 aliphatic heterocycles. The molecule has 0 saturated carbocycles. The first-order valence-electron chi connectivity index (χ1n) is 9.24. The monoisotopic (exact) mass is 429 g/mol. The number of nitrogens with zero attached hydrogens (tertiary/aromatic N) is 2. The van der Waals surface area contributed by atoms with Crippen LogP contribution in [0.4, 0.5) is 10.5 Å². The molecule has 1 N–H and O–H groups in total. The summed E-state index contributed by atoms with van der Waals surface area (Å²) in [6, 6.07) is 19.4. The highest BCUT2D eigenvalue weighted by atomic mass is 35.5. The SMILES string of the molecule is O=C(Nc1cccc(Cl)c1)N1CCN(S(=O)(=O)c2ccc3ccccc3c2)CC1. The number of halogens is 1. The molecule has 2 amide bonds. The molecule has 3 aromatic rings. The number of anilines is 1. The lowest BCUT2D eigenvalue weighted by atomic mass is 10.1. The molecule has 0 bridgehead atoms. The summed E-state index contributed by atoms with van der Waals surface area (Å²) in [5, 5.41) is 5.21. The van der Waals surface area contributed by atoms with Gasteiger partial charge >= 0.3 is 6.03 Å². The first-order valence-corrected chi connectivity index (χ1v) is 11.1. The summed E-state index contributed by atoms with van der Waals surface area (Å²) in [6.07, 6.45) is 0. The summed E-state index contributed by atoms with van der Waals surface area (Å²) >= 11 is 5.94. The van der Waals surface area contributed by atoms with Gasteiger partial charge in [-0.05, 0) is 41.1 Å². The second kappa shape index (κ2) is 8.02. The van der Waals surface area contributed by atoms with Gasteiger partial charge in [0.05, 0.1) is 4.90 Å². The minimum absolute atomic E-state index is 0.248. The third kappa shape index (κ3) is 4.22. The Bertz CT molecular complexity index is 1160. The van der Waals surface area contributed by atoms with Gasteiger partial charge in [-0.2, -0.15) is 4.31 Å². The molecule has 0 aliphatic carbocycles. The lowest BCUT2D eigenvalue weighted by molar-refractivity contribution is 0.184. The summed E-state index contributed by atoms with van der Waals surface area (Å²) in [7, 11) is -3.61. The Balaban J connectivity index is 1.43. The number of carbonyl (C=O) groups excluding carboxylic acids is 1. The quantitative estimate of drug-likeness (QED) is 0.683. The molecule has 0 radical (unpaired) electrons. The maximum atomic E-state index is 13.0. The molecule has 0 aromatic heterocycles. The number of nitrogens with one attached hydrogen (secondary N) is 1. The molecule has 0 spiro atoms. The van der Waals surface area contributed by atoms with E-state index < -0.39 is 10.0 Å². The first-order chi connectivity index (χ1) is 13.9. The summed E-state index contributed by atoms with van der Waals surface area (Å²) in [5.74, 6) is 0. The van der Waals surface area contributed by atoms with Crippen molar-refractivity contribution in [2.75, 3.05) is 31.5 Å². The van der Waals surface area contributed by atoms with Crippen molar-refractivity contribution in [1.29, 1.82) is 0 Å². The number of piperazine rings is 1. The Kier molecular flexibility index (Phi) is 5.45. The molecule has 1 saturated heterocycles. The van der Waals surface area contributed by atoms with Crippen LogP contribution in [0.1, 0.15) is 0 Å². The zero-order chi connectivity index (χ0) is 20.4. The lowest BCUT2D eigenvalue weighted by Gasteiger charge is -2.34. The maximum Gasteiger partial charge on any atom is 0.321 e. The average molecular weight is 430 g/mol. The average Bonchev–Trinajstić information content (AvgIpc) is 2.73. The molecule has 1 aliphatic rings. The van der Waals surface area contributed by atoms with Crippen molar-refractivity contribution < 1.29 is 13.2 Å². The van der Waals surface area contributed by atoms with Gasteiger partial charge in [0.2, 0.25) is 10.0 Å². The number of amides is 2. The van der Waals surface area contributed by atoms with Crippen LogP contribution in [0.3, 0.4) is 0 Å². The van der Waals surface area contributed by atoms with Gasteiger partial charge in [0.15, 0.2) is 0 Å². The number of hydrogen-bond acceptors (Lipinski definition) is 3.